The van der Waals surface area contributed by atoms with Crippen molar-refractivity contribution in [3.63, 3.8) is 0 Å². The van der Waals surface area contributed by atoms with Crippen LogP contribution in [0.1, 0.15) is 33.9 Å². The van der Waals surface area contributed by atoms with Gasteiger partial charge in [-0.3, -0.25) is 28.8 Å². The van der Waals surface area contributed by atoms with Crippen molar-refractivity contribution in [2.45, 2.75) is 74.7 Å². The average molecular weight is 921 g/mol. The van der Waals surface area contributed by atoms with E-state index in [1.54, 1.807) is 41.8 Å². The largest absolute Gasteiger partial charge is 0.554 e. The lowest BCUT2D eigenvalue weighted by atomic mass is 9.76. The quantitative estimate of drug-likeness (QED) is 0.0474. The molecule has 2 aliphatic heterocycles. The van der Waals surface area contributed by atoms with E-state index >= 15 is 0 Å². The second kappa shape index (κ2) is 25.2. The van der Waals surface area contributed by atoms with Crippen molar-refractivity contribution in [3.8, 4) is 0 Å². The van der Waals surface area contributed by atoms with Crippen LogP contribution >= 0.6 is 34.0 Å². The third-order valence-corrected chi connectivity index (χ3v) is 11.6. The SMILES string of the molecule is O=C(O)CC(O)COC[C@H](NC(=O)Cc1cccs1)B1OC(=O)CC(COC[C@H](NC(=O)Cc2cccs2)B2OC(=O)CC(COC[C@H](NC(=O)Cc3cccs3)B(O)O)O2)O1. The summed E-state index contributed by atoms with van der Waals surface area (Å²) in [7, 11) is -4.70. The number of ether oxygens (including phenoxy) is 3. The third kappa shape index (κ3) is 17.2. The molecule has 3 unspecified atom stereocenters. The number of nitrogens with one attached hydrogen (secondary N) is 3. The Hall–Kier alpha value is -4.21. The Morgan fingerprint density at radius 1 is 0.694 bits per heavy atom. The van der Waals surface area contributed by atoms with Crippen LogP contribution in [-0.4, -0.2) is 153 Å². The molecule has 334 valence electrons. The molecule has 0 radical (unpaired) electrons. The number of carboxylic acid groups (broad SMARTS) is 1. The van der Waals surface area contributed by atoms with Gasteiger partial charge < -0.3 is 69.0 Å². The second-order valence-electron chi connectivity index (χ2n) is 14.2. The fraction of sp³-hybridized carbons (Fsp3) is 0.500. The Morgan fingerprint density at radius 2 is 1.13 bits per heavy atom. The van der Waals surface area contributed by atoms with Crippen LogP contribution in [-0.2, 0) is 80.9 Å². The highest BCUT2D eigenvalue weighted by Crippen LogP contribution is 2.19. The first kappa shape index (κ1) is 48.8. The van der Waals surface area contributed by atoms with Crippen molar-refractivity contribution >= 4 is 91.0 Å². The average Bonchev–Trinajstić information content (AvgIpc) is 4.02. The van der Waals surface area contributed by atoms with Gasteiger partial charge in [-0.1, -0.05) is 18.2 Å². The summed E-state index contributed by atoms with van der Waals surface area (Å²) >= 11 is 4.11. The van der Waals surface area contributed by atoms with Crippen molar-refractivity contribution in [2.75, 3.05) is 39.6 Å². The summed E-state index contributed by atoms with van der Waals surface area (Å²) in [6.07, 6.45) is -4.22. The van der Waals surface area contributed by atoms with E-state index in [2.05, 4.69) is 16.0 Å². The van der Waals surface area contributed by atoms with Crippen molar-refractivity contribution in [2.24, 2.45) is 0 Å². The number of aliphatic carboxylic acids is 1. The van der Waals surface area contributed by atoms with E-state index in [0.29, 0.717) is 0 Å². The van der Waals surface area contributed by atoms with Crippen LogP contribution in [0.3, 0.4) is 0 Å². The van der Waals surface area contributed by atoms with Crippen LogP contribution in [0.5, 0.6) is 0 Å². The minimum absolute atomic E-state index is 0.00128. The Morgan fingerprint density at radius 3 is 1.55 bits per heavy atom. The summed E-state index contributed by atoms with van der Waals surface area (Å²) < 4.78 is 40.0. The number of thiophene rings is 3. The summed E-state index contributed by atoms with van der Waals surface area (Å²) in [5, 5.41) is 52.1. The van der Waals surface area contributed by atoms with E-state index in [4.69, 9.17) is 37.9 Å². The van der Waals surface area contributed by atoms with Crippen LogP contribution in [0.15, 0.2) is 52.5 Å². The first-order valence-corrected chi connectivity index (χ1v) is 22.1. The number of aliphatic hydroxyl groups is 1. The number of hydrogen-bond donors (Lipinski definition) is 7. The molecule has 0 saturated carbocycles. The normalized spacial score (nSPS) is 18.5. The summed E-state index contributed by atoms with van der Waals surface area (Å²) in [4.78, 5) is 77.6. The minimum Gasteiger partial charge on any atom is -0.508 e. The molecule has 0 aromatic carbocycles. The Bertz CT molecular complexity index is 1880. The Balaban J connectivity index is 1.19. The number of rotatable bonds is 26. The van der Waals surface area contributed by atoms with E-state index in [9.17, 15) is 43.9 Å². The monoisotopic (exact) mass is 921 g/mol. The molecule has 20 nitrogen and oxygen atoms in total. The summed E-state index contributed by atoms with van der Waals surface area (Å²) in [5.41, 5.74) is 0. The molecule has 5 rings (SSSR count). The molecule has 0 aliphatic carbocycles. The highest BCUT2D eigenvalue weighted by Gasteiger charge is 2.44. The number of hydrogen-bond acceptors (Lipinski definition) is 19. The molecule has 2 aliphatic rings. The van der Waals surface area contributed by atoms with Crippen LogP contribution in [0.25, 0.3) is 0 Å². The maximum absolute atomic E-state index is 13.2. The number of carboxylic acids is 1. The predicted octanol–water partition coefficient (Wildman–Crippen LogP) is -1.03. The van der Waals surface area contributed by atoms with Gasteiger partial charge in [-0.05, 0) is 34.3 Å². The molecule has 2 saturated heterocycles. The molecule has 62 heavy (non-hydrogen) atoms. The molecule has 2 fully saturated rings. The molecule has 3 amide bonds. The van der Waals surface area contributed by atoms with E-state index < -0.39 is 106 Å². The van der Waals surface area contributed by atoms with Crippen LogP contribution < -0.4 is 16.0 Å². The standard InChI is InChI=1S/C36H46B3N3O17S3/c43-22(10-34(47)48)16-53-20-29(41-32(45)14-26-5-2-8-61-26)38-57-24(12-36(50)58-38)18-55-21-30(42-33(46)15-27-6-3-9-62-27)39-56-23(11-35(49)59-39)17-54-19-28(37(51)52)40-31(44)13-25-4-1-7-60-25/h1-9,22-24,28-30,43,51-52H,10-21H2,(H,40,44)(H,41,45)(H,42,46)(H,47,48)/t22?,23?,24?,28-,29-,30-/m0/s1. The lowest BCUT2D eigenvalue weighted by Gasteiger charge is -2.33. The van der Waals surface area contributed by atoms with Crippen LogP contribution in [0.2, 0.25) is 0 Å². The fourth-order valence-corrected chi connectivity index (χ4v) is 8.23. The highest BCUT2D eigenvalue weighted by atomic mass is 32.1. The van der Waals surface area contributed by atoms with Crippen molar-refractivity contribution < 1.29 is 81.9 Å². The molecule has 3 aromatic heterocycles. The zero-order valence-corrected chi connectivity index (χ0v) is 35.6. The first-order chi connectivity index (χ1) is 29.8. The van der Waals surface area contributed by atoms with Gasteiger partial charge in [0.1, 0.15) is 11.9 Å². The van der Waals surface area contributed by atoms with Gasteiger partial charge in [0.05, 0.1) is 102 Å². The molecule has 0 spiro atoms. The van der Waals surface area contributed by atoms with Gasteiger partial charge in [-0.2, -0.15) is 0 Å². The lowest BCUT2D eigenvalue weighted by molar-refractivity contribution is -0.147. The van der Waals surface area contributed by atoms with Gasteiger partial charge in [0.15, 0.2) is 0 Å². The van der Waals surface area contributed by atoms with Crippen molar-refractivity contribution in [1.82, 2.24) is 16.0 Å². The van der Waals surface area contributed by atoms with Gasteiger partial charge in [0, 0.05) is 14.6 Å². The van der Waals surface area contributed by atoms with Gasteiger partial charge in [-0.15, -0.1) is 34.0 Å². The number of aliphatic hydroxyl groups excluding tert-OH is 1. The smallest absolute Gasteiger partial charge is 0.508 e. The maximum Gasteiger partial charge on any atom is 0.554 e. The molecule has 3 aromatic rings. The van der Waals surface area contributed by atoms with Gasteiger partial charge in [0.2, 0.25) is 17.7 Å². The van der Waals surface area contributed by atoms with E-state index in [1.165, 1.54) is 34.0 Å². The van der Waals surface area contributed by atoms with Gasteiger partial charge in [0.25, 0.3) is 11.9 Å². The lowest BCUT2D eigenvalue weighted by Crippen LogP contribution is -2.58. The zero-order chi connectivity index (χ0) is 44.4. The van der Waals surface area contributed by atoms with E-state index in [1.807, 2.05) is 10.8 Å². The Kier molecular flexibility index (Phi) is 19.8. The van der Waals surface area contributed by atoms with Crippen LogP contribution in [0.4, 0.5) is 0 Å². The van der Waals surface area contributed by atoms with E-state index in [-0.39, 0.29) is 65.1 Å². The van der Waals surface area contributed by atoms with Gasteiger partial charge in [-0.25, -0.2) is 0 Å². The van der Waals surface area contributed by atoms with Crippen LogP contribution in [0, 0.1) is 0 Å². The molecule has 6 atom stereocenters. The maximum atomic E-state index is 13.2. The molecule has 26 heteroatoms. The summed E-state index contributed by atoms with van der Waals surface area (Å²) in [6.45, 7) is -1.82. The topological polar surface area (TPSA) is 284 Å². The number of amides is 3. The minimum atomic E-state index is -1.95. The fourth-order valence-electron chi connectivity index (χ4n) is 6.12. The molecular formula is C36H46B3N3O17S3. The van der Waals surface area contributed by atoms with Crippen molar-refractivity contribution in [1.29, 1.82) is 0 Å². The third-order valence-electron chi connectivity index (χ3n) is 8.96. The second-order valence-corrected chi connectivity index (χ2v) is 17.3. The van der Waals surface area contributed by atoms with Gasteiger partial charge >= 0.3 is 27.3 Å². The first-order valence-electron chi connectivity index (χ1n) is 19.4. The number of carbonyl (C=O) groups is 6. The summed E-state index contributed by atoms with van der Waals surface area (Å²) in [6, 6.07) is 10.7. The molecule has 0 bridgehead atoms. The molecule has 7 N–H and O–H groups in total. The number of carbonyl (C=O) groups excluding carboxylic acids is 5. The Labute approximate surface area is 368 Å². The predicted molar refractivity (Wildman–Crippen MR) is 223 cm³/mol. The highest BCUT2D eigenvalue weighted by molar-refractivity contribution is 7.10. The van der Waals surface area contributed by atoms with E-state index in [0.717, 1.165) is 14.6 Å². The summed E-state index contributed by atoms with van der Waals surface area (Å²) in [5.74, 6) is -7.29. The molecular weight excluding hydrogens is 875 g/mol. The van der Waals surface area contributed by atoms with Crippen molar-refractivity contribution in [3.05, 3.63) is 67.2 Å². The molecule has 5 heterocycles. The zero-order valence-electron chi connectivity index (χ0n) is 33.2.